The Balaban J connectivity index is 1.90. The Morgan fingerprint density at radius 3 is 2.50 bits per heavy atom. The molecule has 0 aliphatic rings. The molecule has 0 aliphatic carbocycles. The first kappa shape index (κ1) is 14.4. The van der Waals surface area contributed by atoms with Crippen molar-refractivity contribution < 1.29 is 9.90 Å². The number of carboxylic acid groups (broad SMARTS) is 1. The average molecular weight is 294 g/mol. The largest absolute Gasteiger partial charge is 0.480 e. The lowest BCUT2D eigenvalue weighted by Gasteiger charge is -2.19. The van der Waals surface area contributed by atoms with Crippen molar-refractivity contribution in [3.8, 4) is 5.69 Å². The zero-order valence-electron chi connectivity index (χ0n) is 12.4. The maximum absolute atomic E-state index is 11.1. The van der Waals surface area contributed by atoms with Gasteiger partial charge < -0.3 is 15.4 Å². The van der Waals surface area contributed by atoms with Crippen molar-refractivity contribution in [1.82, 2.24) is 4.57 Å². The number of benzene rings is 2. The Kier molecular flexibility index (Phi) is 3.47. The summed E-state index contributed by atoms with van der Waals surface area (Å²) < 4.78 is 2.11. The fraction of sp³-hybridized carbons (Fsp3) is 0.167. The molecular formula is C18H18N2O2. The second kappa shape index (κ2) is 5.31. The van der Waals surface area contributed by atoms with E-state index in [0.29, 0.717) is 6.42 Å². The molecule has 0 amide bonds. The summed E-state index contributed by atoms with van der Waals surface area (Å²) in [7, 11) is 0. The molecule has 1 aromatic heterocycles. The van der Waals surface area contributed by atoms with Gasteiger partial charge >= 0.3 is 5.97 Å². The number of hydrogen-bond acceptors (Lipinski definition) is 2. The minimum atomic E-state index is -1.25. The molecule has 0 bridgehead atoms. The van der Waals surface area contributed by atoms with Crippen LogP contribution in [0.5, 0.6) is 0 Å². The van der Waals surface area contributed by atoms with Gasteiger partial charge in [-0.15, -0.1) is 0 Å². The average Bonchev–Trinajstić information content (AvgIpc) is 2.91. The Hall–Kier alpha value is -2.59. The maximum Gasteiger partial charge on any atom is 0.323 e. The second-order valence-corrected chi connectivity index (χ2v) is 5.81. The molecule has 4 nitrogen and oxygen atoms in total. The van der Waals surface area contributed by atoms with Crippen molar-refractivity contribution in [1.29, 1.82) is 0 Å². The Morgan fingerprint density at radius 1 is 1.14 bits per heavy atom. The number of aromatic nitrogens is 1. The smallest absolute Gasteiger partial charge is 0.323 e. The summed E-state index contributed by atoms with van der Waals surface area (Å²) in [6.45, 7) is 1.53. The van der Waals surface area contributed by atoms with Crippen molar-refractivity contribution in [3.63, 3.8) is 0 Å². The molecule has 0 spiro atoms. The first-order valence-electron chi connectivity index (χ1n) is 7.15. The van der Waals surface area contributed by atoms with E-state index in [4.69, 9.17) is 10.8 Å². The molecule has 4 heteroatoms. The molecule has 0 saturated heterocycles. The van der Waals surface area contributed by atoms with Gasteiger partial charge in [0.2, 0.25) is 0 Å². The normalized spacial score (nSPS) is 13.9. The van der Waals surface area contributed by atoms with Crippen LogP contribution in [0.25, 0.3) is 16.6 Å². The highest BCUT2D eigenvalue weighted by Crippen LogP contribution is 2.21. The fourth-order valence-electron chi connectivity index (χ4n) is 2.58. The van der Waals surface area contributed by atoms with Crippen LogP contribution in [0.4, 0.5) is 0 Å². The maximum atomic E-state index is 11.1. The fourth-order valence-corrected chi connectivity index (χ4v) is 2.58. The van der Waals surface area contributed by atoms with Gasteiger partial charge in [0, 0.05) is 18.3 Å². The summed E-state index contributed by atoms with van der Waals surface area (Å²) in [4.78, 5) is 11.1. The molecule has 0 aliphatic heterocycles. The molecule has 0 fully saturated rings. The zero-order valence-corrected chi connectivity index (χ0v) is 12.4. The second-order valence-electron chi connectivity index (χ2n) is 5.81. The van der Waals surface area contributed by atoms with Crippen LogP contribution >= 0.6 is 0 Å². The summed E-state index contributed by atoms with van der Waals surface area (Å²) >= 11 is 0. The lowest BCUT2D eigenvalue weighted by Crippen LogP contribution is -2.46. The van der Waals surface area contributed by atoms with Crippen molar-refractivity contribution >= 4 is 16.9 Å². The number of carboxylic acids is 1. The number of aliphatic carboxylic acids is 1. The highest BCUT2D eigenvalue weighted by atomic mass is 16.4. The molecule has 0 saturated carbocycles. The van der Waals surface area contributed by atoms with E-state index < -0.39 is 11.5 Å². The molecule has 0 unspecified atom stereocenters. The highest BCUT2D eigenvalue weighted by Gasteiger charge is 2.27. The SMILES string of the molecule is C[C@@](N)(Cc1ccc(-n2ccc3ccccc32)cc1)C(=O)O. The topological polar surface area (TPSA) is 68.2 Å². The van der Waals surface area contributed by atoms with Crippen LogP contribution < -0.4 is 5.73 Å². The summed E-state index contributed by atoms with van der Waals surface area (Å²) in [5.41, 5.74) is 7.64. The number of hydrogen-bond donors (Lipinski definition) is 2. The van der Waals surface area contributed by atoms with Gasteiger partial charge in [0.1, 0.15) is 5.54 Å². The summed E-state index contributed by atoms with van der Waals surface area (Å²) in [5, 5.41) is 10.3. The number of para-hydroxylation sites is 1. The molecule has 2 aromatic carbocycles. The van der Waals surface area contributed by atoms with Gasteiger partial charge in [-0.1, -0.05) is 30.3 Å². The van der Waals surface area contributed by atoms with E-state index in [9.17, 15) is 4.79 Å². The predicted octanol–water partition coefficient (Wildman–Crippen LogP) is 2.98. The van der Waals surface area contributed by atoms with Crippen LogP contribution in [0.15, 0.2) is 60.8 Å². The van der Waals surface area contributed by atoms with Gasteiger partial charge in [0.15, 0.2) is 0 Å². The molecule has 3 aromatic rings. The van der Waals surface area contributed by atoms with E-state index in [1.165, 1.54) is 12.3 Å². The van der Waals surface area contributed by atoms with E-state index in [-0.39, 0.29) is 0 Å². The first-order valence-corrected chi connectivity index (χ1v) is 7.15. The Bertz CT molecular complexity index is 816. The third-order valence-electron chi connectivity index (χ3n) is 3.87. The molecule has 0 radical (unpaired) electrons. The van der Waals surface area contributed by atoms with E-state index in [1.54, 1.807) is 0 Å². The first-order chi connectivity index (χ1) is 10.5. The van der Waals surface area contributed by atoms with Gasteiger partial charge in [-0.25, -0.2) is 0 Å². The lowest BCUT2D eigenvalue weighted by atomic mass is 9.94. The van der Waals surface area contributed by atoms with Crippen molar-refractivity contribution in [2.45, 2.75) is 18.9 Å². The van der Waals surface area contributed by atoms with Gasteiger partial charge in [-0.05, 0) is 42.1 Å². The summed E-state index contributed by atoms with van der Waals surface area (Å²) in [6, 6.07) is 18.1. The minimum absolute atomic E-state index is 0.301. The van der Waals surface area contributed by atoms with Crippen LogP contribution in [0.1, 0.15) is 12.5 Å². The van der Waals surface area contributed by atoms with E-state index in [0.717, 1.165) is 16.8 Å². The molecule has 3 N–H and O–H groups in total. The Labute approximate surface area is 128 Å². The van der Waals surface area contributed by atoms with Crippen molar-refractivity contribution in [2.75, 3.05) is 0 Å². The predicted molar refractivity (Wildman–Crippen MR) is 87.2 cm³/mol. The van der Waals surface area contributed by atoms with Crippen molar-refractivity contribution in [3.05, 3.63) is 66.4 Å². The molecule has 22 heavy (non-hydrogen) atoms. The van der Waals surface area contributed by atoms with Gasteiger partial charge in [0.05, 0.1) is 5.52 Å². The number of nitrogens with two attached hydrogens (primary N) is 1. The van der Waals surface area contributed by atoms with E-state index >= 15 is 0 Å². The number of rotatable bonds is 4. The zero-order chi connectivity index (χ0) is 15.7. The number of nitrogens with zero attached hydrogens (tertiary/aromatic N) is 1. The molecule has 3 rings (SSSR count). The van der Waals surface area contributed by atoms with E-state index in [2.05, 4.69) is 22.8 Å². The third kappa shape index (κ3) is 2.61. The van der Waals surface area contributed by atoms with Crippen LogP contribution in [0.2, 0.25) is 0 Å². The van der Waals surface area contributed by atoms with Crippen molar-refractivity contribution in [2.24, 2.45) is 5.73 Å². The molecule has 1 heterocycles. The number of carbonyl (C=O) groups is 1. The van der Waals surface area contributed by atoms with Gasteiger partial charge in [-0.2, -0.15) is 0 Å². The highest BCUT2D eigenvalue weighted by molar-refractivity contribution is 5.82. The summed E-state index contributed by atoms with van der Waals surface area (Å²) in [6.07, 6.45) is 2.33. The minimum Gasteiger partial charge on any atom is -0.480 e. The third-order valence-corrected chi connectivity index (χ3v) is 3.87. The summed E-state index contributed by atoms with van der Waals surface area (Å²) in [5.74, 6) is -0.993. The Morgan fingerprint density at radius 2 is 1.82 bits per heavy atom. The lowest BCUT2D eigenvalue weighted by molar-refractivity contribution is -0.142. The van der Waals surface area contributed by atoms with Gasteiger partial charge in [-0.3, -0.25) is 4.79 Å². The number of fused-ring (bicyclic) bond motifs is 1. The van der Waals surface area contributed by atoms with Crippen LogP contribution in [-0.2, 0) is 11.2 Å². The monoisotopic (exact) mass is 294 g/mol. The molecule has 1 atom stereocenters. The van der Waals surface area contributed by atoms with Crippen LogP contribution in [-0.4, -0.2) is 21.2 Å². The molecule has 112 valence electrons. The van der Waals surface area contributed by atoms with E-state index in [1.807, 2.05) is 42.6 Å². The quantitative estimate of drug-likeness (QED) is 0.777. The molecular weight excluding hydrogens is 276 g/mol. The van der Waals surface area contributed by atoms with Crippen LogP contribution in [0, 0.1) is 0 Å². The van der Waals surface area contributed by atoms with Gasteiger partial charge in [0.25, 0.3) is 0 Å². The van der Waals surface area contributed by atoms with Crippen LogP contribution in [0.3, 0.4) is 0 Å². The standard InChI is InChI=1S/C18H18N2O2/c1-18(19,17(21)22)12-13-6-8-15(9-7-13)20-11-10-14-4-2-3-5-16(14)20/h2-11H,12,19H2,1H3,(H,21,22)/t18-/m1/s1.